The van der Waals surface area contributed by atoms with Crippen LogP contribution in [0.3, 0.4) is 0 Å². The largest absolute Gasteiger partial charge is 0.389 e. The van der Waals surface area contributed by atoms with E-state index in [2.05, 4.69) is 69.3 Å². The van der Waals surface area contributed by atoms with Crippen LogP contribution in [0.25, 0.3) is 0 Å². The van der Waals surface area contributed by atoms with Crippen LogP contribution in [0.5, 0.6) is 0 Å². The van der Waals surface area contributed by atoms with Crippen LogP contribution in [0.4, 0.5) is 0 Å². The van der Waals surface area contributed by atoms with Crippen LogP contribution < -0.4 is 0 Å². The predicted molar refractivity (Wildman–Crippen MR) is 94.0 cm³/mol. The van der Waals surface area contributed by atoms with Gasteiger partial charge >= 0.3 is 0 Å². The molecule has 2 aromatic carbocycles. The Morgan fingerprint density at radius 3 is 1.86 bits per heavy atom. The van der Waals surface area contributed by atoms with Crippen molar-refractivity contribution in [3.8, 4) is 0 Å². The van der Waals surface area contributed by atoms with E-state index in [1.807, 2.05) is 19.1 Å². The van der Waals surface area contributed by atoms with Crippen molar-refractivity contribution in [2.45, 2.75) is 52.1 Å². The molecule has 0 aliphatic heterocycles. The number of benzene rings is 2. The van der Waals surface area contributed by atoms with Gasteiger partial charge in [0.15, 0.2) is 0 Å². The second kappa shape index (κ2) is 6.66. The smallest absolute Gasteiger partial charge is 0.0741 e. The summed E-state index contributed by atoms with van der Waals surface area (Å²) in [5.41, 5.74) is 1.50. The molecule has 0 amide bonds. The normalized spacial score (nSPS) is 16.0. The summed E-state index contributed by atoms with van der Waals surface area (Å²) in [4.78, 5) is 0. The van der Waals surface area contributed by atoms with Crippen LogP contribution in [-0.2, 0) is 6.42 Å². The number of hydrogen-bond acceptors (Lipinski definition) is 1. The third kappa shape index (κ3) is 3.41. The second-order valence-electron chi connectivity index (χ2n) is 7.07. The Morgan fingerprint density at radius 2 is 1.36 bits per heavy atom. The van der Waals surface area contributed by atoms with E-state index in [1.165, 1.54) is 11.1 Å². The average Bonchev–Trinajstić information content (AvgIpc) is 2.49. The van der Waals surface area contributed by atoms with Gasteiger partial charge in [0.2, 0.25) is 0 Å². The molecule has 2 rings (SSSR count). The third-order valence-electron chi connectivity index (χ3n) is 5.15. The lowest BCUT2D eigenvalue weighted by molar-refractivity contribution is -0.0743. The summed E-state index contributed by atoms with van der Waals surface area (Å²) in [5.74, 6) is 0.132. The molecule has 0 fully saturated rings. The molecule has 0 bridgehead atoms. The van der Waals surface area contributed by atoms with Gasteiger partial charge in [0.25, 0.3) is 0 Å². The zero-order valence-electron chi connectivity index (χ0n) is 14.2. The van der Waals surface area contributed by atoms with Gasteiger partial charge in [0.05, 0.1) is 5.60 Å². The van der Waals surface area contributed by atoms with Gasteiger partial charge in [0.1, 0.15) is 0 Å². The summed E-state index contributed by atoms with van der Waals surface area (Å²) < 4.78 is 0. The Bertz CT molecular complexity index is 569. The first-order chi connectivity index (χ1) is 10.4. The summed E-state index contributed by atoms with van der Waals surface area (Å²) in [5, 5.41) is 11.4. The minimum absolute atomic E-state index is 0.132. The lowest BCUT2D eigenvalue weighted by atomic mass is 9.63. The lowest BCUT2D eigenvalue weighted by Crippen LogP contribution is -2.48. The van der Waals surface area contributed by atoms with Crippen molar-refractivity contribution < 1.29 is 5.11 Å². The number of aliphatic hydroxyl groups is 1. The summed E-state index contributed by atoms with van der Waals surface area (Å²) >= 11 is 0. The molecular weight excluding hydrogens is 268 g/mol. The van der Waals surface area contributed by atoms with Crippen LogP contribution in [-0.4, -0.2) is 10.7 Å². The van der Waals surface area contributed by atoms with Crippen molar-refractivity contribution in [3.63, 3.8) is 0 Å². The van der Waals surface area contributed by atoms with Crippen molar-refractivity contribution in [1.82, 2.24) is 0 Å². The van der Waals surface area contributed by atoms with Crippen molar-refractivity contribution in [2.75, 3.05) is 0 Å². The van der Waals surface area contributed by atoms with E-state index < -0.39 is 5.60 Å². The molecule has 2 aromatic rings. The summed E-state index contributed by atoms with van der Waals surface area (Å²) in [7, 11) is 0. The molecule has 0 spiro atoms. The van der Waals surface area contributed by atoms with E-state index in [1.54, 1.807) is 0 Å². The minimum atomic E-state index is -0.779. The van der Waals surface area contributed by atoms with E-state index in [0.29, 0.717) is 0 Å². The highest BCUT2D eigenvalue weighted by molar-refractivity contribution is 5.25. The van der Waals surface area contributed by atoms with Gasteiger partial charge in [-0.2, -0.15) is 0 Å². The van der Waals surface area contributed by atoms with E-state index >= 15 is 0 Å². The average molecular weight is 296 g/mol. The molecule has 0 aliphatic rings. The van der Waals surface area contributed by atoms with Gasteiger partial charge in [-0.25, -0.2) is 0 Å². The second-order valence-corrected chi connectivity index (χ2v) is 7.07. The third-order valence-corrected chi connectivity index (χ3v) is 5.15. The standard InChI is InChI=1S/C21H28O/c1-5-19(18-14-10-7-11-15-18)21(4,22)20(2,3)16-17-12-8-6-9-13-17/h6-15,19,22H,5,16H2,1-4H3. The fourth-order valence-corrected chi connectivity index (χ4v) is 3.40. The summed E-state index contributed by atoms with van der Waals surface area (Å²) in [6.07, 6.45) is 1.79. The maximum Gasteiger partial charge on any atom is 0.0741 e. The molecule has 0 aliphatic carbocycles. The van der Waals surface area contributed by atoms with Crippen molar-refractivity contribution in [3.05, 3.63) is 71.8 Å². The molecule has 2 atom stereocenters. The Kier molecular flexibility index (Phi) is 5.08. The molecule has 2 unspecified atom stereocenters. The maximum absolute atomic E-state index is 11.4. The molecular formula is C21H28O. The molecule has 0 saturated heterocycles. The highest BCUT2D eigenvalue weighted by Gasteiger charge is 2.45. The summed E-state index contributed by atoms with van der Waals surface area (Å²) in [6, 6.07) is 20.8. The molecule has 0 saturated carbocycles. The Morgan fingerprint density at radius 1 is 0.864 bits per heavy atom. The van der Waals surface area contributed by atoms with E-state index in [-0.39, 0.29) is 11.3 Å². The fourth-order valence-electron chi connectivity index (χ4n) is 3.40. The number of hydrogen-bond donors (Lipinski definition) is 1. The molecule has 0 aromatic heterocycles. The molecule has 1 N–H and O–H groups in total. The van der Waals surface area contributed by atoms with Gasteiger partial charge in [-0.1, -0.05) is 81.4 Å². The number of rotatable bonds is 6. The zero-order chi connectivity index (χ0) is 16.2. The van der Waals surface area contributed by atoms with Gasteiger partial charge in [-0.05, 0) is 36.3 Å². The zero-order valence-corrected chi connectivity index (χ0v) is 14.2. The van der Waals surface area contributed by atoms with Crippen LogP contribution >= 0.6 is 0 Å². The van der Waals surface area contributed by atoms with Gasteiger partial charge in [-0.15, -0.1) is 0 Å². The Balaban J connectivity index is 2.30. The maximum atomic E-state index is 11.4. The van der Waals surface area contributed by atoms with Crippen molar-refractivity contribution in [1.29, 1.82) is 0 Å². The van der Waals surface area contributed by atoms with Crippen molar-refractivity contribution >= 4 is 0 Å². The first-order valence-electron chi connectivity index (χ1n) is 8.19. The van der Waals surface area contributed by atoms with Crippen molar-refractivity contribution in [2.24, 2.45) is 5.41 Å². The first-order valence-corrected chi connectivity index (χ1v) is 8.19. The molecule has 118 valence electrons. The minimum Gasteiger partial charge on any atom is -0.389 e. The highest BCUT2D eigenvalue weighted by atomic mass is 16.3. The van der Waals surface area contributed by atoms with Crippen LogP contribution in [0, 0.1) is 5.41 Å². The molecule has 0 heterocycles. The Hall–Kier alpha value is -1.60. The van der Waals surface area contributed by atoms with Gasteiger partial charge in [0, 0.05) is 5.92 Å². The molecule has 22 heavy (non-hydrogen) atoms. The topological polar surface area (TPSA) is 20.2 Å². The van der Waals surface area contributed by atoms with Gasteiger partial charge in [-0.3, -0.25) is 0 Å². The molecule has 0 radical (unpaired) electrons. The van der Waals surface area contributed by atoms with E-state index in [4.69, 9.17) is 0 Å². The highest BCUT2D eigenvalue weighted by Crippen LogP contribution is 2.45. The van der Waals surface area contributed by atoms with Crippen LogP contribution in [0.15, 0.2) is 60.7 Å². The molecule has 1 heteroatoms. The SMILES string of the molecule is CCC(c1ccccc1)C(C)(O)C(C)(C)Cc1ccccc1. The van der Waals surface area contributed by atoms with Crippen LogP contribution in [0.1, 0.15) is 51.2 Å². The van der Waals surface area contributed by atoms with E-state index in [9.17, 15) is 5.11 Å². The lowest BCUT2D eigenvalue weighted by Gasteiger charge is -2.46. The van der Waals surface area contributed by atoms with Crippen LogP contribution in [0.2, 0.25) is 0 Å². The monoisotopic (exact) mass is 296 g/mol. The summed E-state index contributed by atoms with van der Waals surface area (Å²) in [6.45, 7) is 8.50. The quantitative estimate of drug-likeness (QED) is 0.776. The van der Waals surface area contributed by atoms with E-state index in [0.717, 1.165) is 12.8 Å². The Labute approximate surface area is 135 Å². The predicted octanol–water partition coefficient (Wildman–Crippen LogP) is 5.20. The molecule has 1 nitrogen and oxygen atoms in total. The van der Waals surface area contributed by atoms with Gasteiger partial charge < -0.3 is 5.11 Å². The first kappa shape index (κ1) is 16.8. The fraction of sp³-hybridized carbons (Fsp3) is 0.429.